The quantitative estimate of drug-likeness (QED) is 0.155. The maximum Gasteiger partial charge on any atom is 0.159 e. The molecule has 0 radical (unpaired) electrons. The van der Waals surface area contributed by atoms with Crippen molar-refractivity contribution < 1.29 is 9.15 Å². The number of hydrogen-bond donors (Lipinski definition) is 0. The highest BCUT2D eigenvalue weighted by atomic mass is 16.5. The SMILES string of the molecule is CC.CC.CC.CC1=CC=CC(N(c2ccc3ccc4c(N(c5ccc(C)cc5)C5C=CC=C6c7cccc(C(C)(C)C)c7OC6C5)ccc5ccc2c3c54)c2cccc3c2oc2c(C(C)(C)C)cccc23)C=C1. The summed E-state index contributed by atoms with van der Waals surface area (Å²) in [4.78, 5) is 5.06. The molecule has 3 atom stereocenters. The van der Waals surface area contributed by atoms with Crippen LogP contribution in [0.4, 0.5) is 22.7 Å². The summed E-state index contributed by atoms with van der Waals surface area (Å²) in [5, 5.41) is 9.68. The molecule has 1 aromatic heterocycles. The van der Waals surface area contributed by atoms with Gasteiger partial charge in [-0.15, -0.1) is 0 Å². The first-order valence-corrected chi connectivity index (χ1v) is 27.3. The zero-order valence-corrected chi connectivity index (χ0v) is 46.4. The minimum Gasteiger partial charge on any atom is -0.485 e. The number of anilines is 4. The van der Waals surface area contributed by atoms with Gasteiger partial charge < -0.3 is 19.0 Å². The summed E-state index contributed by atoms with van der Waals surface area (Å²) in [6.45, 7) is 30.0. The minimum atomic E-state index is -0.0837. The van der Waals surface area contributed by atoms with E-state index in [1.54, 1.807) is 0 Å². The largest absolute Gasteiger partial charge is 0.485 e. The van der Waals surface area contributed by atoms with E-state index in [1.165, 1.54) is 71.4 Å². The highest BCUT2D eigenvalue weighted by molar-refractivity contribution is 6.28. The molecule has 74 heavy (non-hydrogen) atoms. The smallest absolute Gasteiger partial charge is 0.159 e. The summed E-state index contributed by atoms with van der Waals surface area (Å²) in [6.07, 6.45) is 18.9. The van der Waals surface area contributed by atoms with Crippen LogP contribution < -0.4 is 14.5 Å². The number of allylic oxidation sites excluding steroid dienone is 6. The molecule has 8 aromatic carbocycles. The van der Waals surface area contributed by atoms with Gasteiger partial charge in [-0.25, -0.2) is 0 Å². The van der Waals surface area contributed by atoms with Gasteiger partial charge in [0.05, 0.1) is 23.5 Å². The van der Waals surface area contributed by atoms with Crippen LogP contribution in [0.15, 0.2) is 186 Å². The van der Waals surface area contributed by atoms with E-state index in [2.05, 4.69) is 241 Å². The molecule has 2 aliphatic carbocycles. The van der Waals surface area contributed by atoms with Crippen LogP contribution in [0.5, 0.6) is 5.75 Å². The molecule has 3 aliphatic rings. The van der Waals surface area contributed by atoms with Gasteiger partial charge in [0.15, 0.2) is 5.58 Å². The first-order valence-electron chi connectivity index (χ1n) is 27.3. The molecule has 12 rings (SSSR count). The molecule has 3 unspecified atom stereocenters. The zero-order chi connectivity index (χ0) is 52.6. The number of para-hydroxylation sites is 3. The lowest BCUT2D eigenvalue weighted by Crippen LogP contribution is -2.33. The average Bonchev–Trinajstić information content (AvgIpc) is 3.79. The number of rotatable bonds is 6. The fourth-order valence-corrected chi connectivity index (χ4v) is 11.3. The zero-order valence-electron chi connectivity index (χ0n) is 46.4. The minimum absolute atomic E-state index is 0.0161. The van der Waals surface area contributed by atoms with Gasteiger partial charge in [0.2, 0.25) is 0 Å². The van der Waals surface area contributed by atoms with Gasteiger partial charge in [-0.1, -0.05) is 240 Å². The predicted octanol–water partition coefficient (Wildman–Crippen LogP) is 20.4. The second-order valence-electron chi connectivity index (χ2n) is 21.3. The van der Waals surface area contributed by atoms with Crippen molar-refractivity contribution in [2.75, 3.05) is 9.80 Å². The topological polar surface area (TPSA) is 28.9 Å². The van der Waals surface area contributed by atoms with Crippen molar-refractivity contribution in [2.24, 2.45) is 0 Å². The van der Waals surface area contributed by atoms with E-state index in [9.17, 15) is 0 Å². The third-order valence-electron chi connectivity index (χ3n) is 14.7. The van der Waals surface area contributed by atoms with Crippen molar-refractivity contribution in [1.29, 1.82) is 0 Å². The number of furan rings is 1. The summed E-state index contributed by atoms with van der Waals surface area (Å²) in [6, 6.07) is 47.5. The van der Waals surface area contributed by atoms with Crippen LogP contribution in [0, 0.1) is 6.92 Å². The number of fused-ring (bicyclic) bond motifs is 6. The van der Waals surface area contributed by atoms with E-state index in [1.807, 2.05) is 41.5 Å². The molecular formula is C70H76N2O2. The van der Waals surface area contributed by atoms with Crippen LogP contribution in [0.3, 0.4) is 0 Å². The van der Waals surface area contributed by atoms with E-state index in [-0.39, 0.29) is 29.0 Å². The van der Waals surface area contributed by atoms with Gasteiger partial charge in [-0.3, -0.25) is 0 Å². The highest BCUT2D eigenvalue weighted by Crippen LogP contribution is 2.50. The number of aryl methyl sites for hydroxylation is 1. The Morgan fingerprint density at radius 1 is 0.500 bits per heavy atom. The predicted molar refractivity (Wildman–Crippen MR) is 323 cm³/mol. The molecule has 378 valence electrons. The lowest BCUT2D eigenvalue weighted by molar-refractivity contribution is 0.254. The second kappa shape index (κ2) is 20.9. The average molecular weight is 977 g/mol. The maximum absolute atomic E-state index is 7.11. The van der Waals surface area contributed by atoms with E-state index in [4.69, 9.17) is 9.15 Å². The molecule has 0 bridgehead atoms. The molecule has 0 saturated carbocycles. The summed E-state index contributed by atoms with van der Waals surface area (Å²) < 4.78 is 14.1. The summed E-state index contributed by atoms with van der Waals surface area (Å²) in [5.41, 5.74) is 13.7. The first kappa shape index (κ1) is 51.6. The number of ether oxygens (including phenoxy) is 1. The van der Waals surface area contributed by atoms with Gasteiger partial charge >= 0.3 is 0 Å². The molecule has 2 heterocycles. The molecule has 0 amide bonds. The lowest BCUT2D eigenvalue weighted by Gasteiger charge is -2.35. The molecule has 0 fully saturated rings. The number of benzene rings is 8. The van der Waals surface area contributed by atoms with E-state index in [0.29, 0.717) is 0 Å². The molecular weight excluding hydrogens is 901 g/mol. The van der Waals surface area contributed by atoms with Crippen LogP contribution >= 0.6 is 0 Å². The van der Waals surface area contributed by atoms with Gasteiger partial charge in [0, 0.05) is 61.6 Å². The molecule has 0 saturated heterocycles. The number of hydrogen-bond acceptors (Lipinski definition) is 4. The Morgan fingerprint density at radius 2 is 1.07 bits per heavy atom. The molecule has 0 spiro atoms. The number of nitrogens with zero attached hydrogens (tertiary/aromatic N) is 2. The molecule has 1 aliphatic heterocycles. The first-order chi connectivity index (χ1) is 35.8. The van der Waals surface area contributed by atoms with Crippen molar-refractivity contribution in [1.82, 2.24) is 0 Å². The Bertz CT molecular complexity index is 3640. The van der Waals surface area contributed by atoms with Crippen molar-refractivity contribution in [3.05, 3.63) is 204 Å². The fraction of sp³-hybridized carbons (Fsp3) is 0.286. The van der Waals surface area contributed by atoms with Crippen LogP contribution in [-0.4, -0.2) is 18.2 Å². The van der Waals surface area contributed by atoms with Crippen LogP contribution in [0.25, 0.3) is 59.8 Å². The van der Waals surface area contributed by atoms with Gasteiger partial charge in [0.1, 0.15) is 17.4 Å². The standard InChI is InChI=1S/C64H58N2O2.3C2H6/c1-39-14-9-15-43(31-24-39)66(56-23-13-20-49-48-19-12-22-53(64(6,7)8)61(48)68-62(49)56)55-37-30-42-27-34-50-54(36-29-41-28-35-51(55)59(42)58(41)50)65(44-32-25-40(2)26-33-44)45-16-10-17-46-47-18-11-21-52(63(3,4)5)60(47)67-57(46)38-45;3*1-2/h9-37,43,45,57H,38H2,1-8H3;3*1-2H3. The van der Waals surface area contributed by atoms with Crippen molar-refractivity contribution in [2.45, 2.75) is 132 Å². The summed E-state index contributed by atoms with van der Waals surface area (Å²) in [7, 11) is 0. The van der Waals surface area contributed by atoms with Gasteiger partial charge in [-0.2, -0.15) is 0 Å². The Balaban J connectivity index is 0.00000108. The highest BCUT2D eigenvalue weighted by Gasteiger charge is 2.37. The van der Waals surface area contributed by atoms with Crippen LogP contribution in [-0.2, 0) is 10.8 Å². The van der Waals surface area contributed by atoms with E-state index >= 15 is 0 Å². The molecule has 4 heteroatoms. The van der Waals surface area contributed by atoms with Gasteiger partial charge in [0.25, 0.3) is 0 Å². The Morgan fingerprint density at radius 3 is 1.72 bits per heavy atom. The molecule has 4 nitrogen and oxygen atoms in total. The second-order valence-corrected chi connectivity index (χ2v) is 21.3. The maximum atomic E-state index is 7.11. The Kier molecular flexibility index (Phi) is 14.6. The van der Waals surface area contributed by atoms with Crippen molar-refractivity contribution in [3.8, 4) is 5.75 Å². The Labute approximate surface area is 441 Å². The van der Waals surface area contributed by atoms with Crippen molar-refractivity contribution >= 4 is 82.6 Å². The summed E-state index contributed by atoms with van der Waals surface area (Å²) >= 11 is 0. The third-order valence-corrected chi connectivity index (χ3v) is 14.7. The lowest BCUT2D eigenvalue weighted by atomic mass is 9.84. The van der Waals surface area contributed by atoms with E-state index < -0.39 is 0 Å². The molecule has 0 N–H and O–H groups in total. The fourth-order valence-electron chi connectivity index (χ4n) is 11.3. The third kappa shape index (κ3) is 9.12. The monoisotopic (exact) mass is 977 g/mol. The van der Waals surface area contributed by atoms with E-state index in [0.717, 1.165) is 51.2 Å². The van der Waals surface area contributed by atoms with Gasteiger partial charge in [-0.05, 0) is 76.6 Å². The Hall–Kier alpha value is -7.30. The normalized spacial score (nSPS) is 17.0. The van der Waals surface area contributed by atoms with Crippen LogP contribution in [0.1, 0.15) is 119 Å². The van der Waals surface area contributed by atoms with Crippen LogP contribution in [0.2, 0.25) is 0 Å². The molecule has 9 aromatic rings. The summed E-state index contributed by atoms with van der Waals surface area (Å²) in [5.74, 6) is 1.03. The van der Waals surface area contributed by atoms with Crippen molar-refractivity contribution in [3.63, 3.8) is 0 Å².